The first kappa shape index (κ1) is 11.9. The fourth-order valence-electron chi connectivity index (χ4n) is 1.43. The van der Waals surface area contributed by atoms with Gasteiger partial charge in [-0.2, -0.15) is 5.26 Å². The Kier molecular flexibility index (Phi) is 4.47. The predicted molar refractivity (Wildman–Crippen MR) is 65.3 cm³/mol. The maximum atomic E-state index is 9.13. The number of anilines is 1. The molecule has 4 heteroatoms. The molecule has 3 nitrogen and oxygen atoms in total. The van der Waals surface area contributed by atoms with Gasteiger partial charge in [-0.3, -0.25) is 0 Å². The number of thioether (sulfide) groups is 1. The number of rotatable bonds is 4. The first-order valence-corrected chi connectivity index (χ1v) is 5.95. The van der Waals surface area contributed by atoms with Crippen LogP contribution in [0.2, 0.25) is 0 Å². The molecule has 0 atom stereocenters. The fraction of sp³-hybridized carbons (Fsp3) is 0.364. The molecule has 0 aliphatic rings. The molecule has 0 unspecified atom stereocenters. The van der Waals surface area contributed by atoms with Crippen molar-refractivity contribution in [1.29, 1.82) is 5.26 Å². The second-order valence-electron chi connectivity index (χ2n) is 3.18. The minimum absolute atomic E-state index is 0.588. The number of likely N-dealkylation sites (N-methyl/N-ethyl adjacent to an activating group) is 1. The Bertz CT molecular complexity index is 371. The van der Waals surface area contributed by atoms with Crippen molar-refractivity contribution in [1.82, 2.24) is 0 Å². The molecule has 0 fully saturated rings. The zero-order valence-corrected chi connectivity index (χ0v) is 9.84. The summed E-state index contributed by atoms with van der Waals surface area (Å²) < 4.78 is 0. The summed E-state index contributed by atoms with van der Waals surface area (Å²) >= 11 is 1.59. The molecule has 0 aromatic heterocycles. The van der Waals surface area contributed by atoms with Crippen LogP contribution in [0.3, 0.4) is 0 Å². The molecule has 2 N–H and O–H groups in total. The van der Waals surface area contributed by atoms with Gasteiger partial charge in [-0.1, -0.05) is 6.07 Å². The van der Waals surface area contributed by atoms with Crippen molar-refractivity contribution < 1.29 is 0 Å². The Morgan fingerprint density at radius 1 is 1.53 bits per heavy atom. The molecule has 0 bridgehead atoms. The molecule has 0 saturated heterocycles. The molecular formula is C11H15N3S. The molecule has 0 aliphatic heterocycles. The van der Waals surface area contributed by atoms with Gasteiger partial charge in [0.2, 0.25) is 0 Å². The first-order chi connectivity index (χ1) is 7.24. The first-order valence-electron chi connectivity index (χ1n) is 4.73. The summed E-state index contributed by atoms with van der Waals surface area (Å²) in [6.45, 7) is 1.34. The largest absolute Gasteiger partial charge is 0.372 e. The van der Waals surface area contributed by atoms with Crippen molar-refractivity contribution in [2.45, 2.75) is 4.90 Å². The molecule has 1 aromatic rings. The van der Waals surface area contributed by atoms with E-state index >= 15 is 0 Å². The summed E-state index contributed by atoms with van der Waals surface area (Å²) in [5.41, 5.74) is 7.19. The normalized spacial score (nSPS) is 9.73. The third-order valence-electron chi connectivity index (χ3n) is 2.21. The molecule has 0 spiro atoms. The molecule has 15 heavy (non-hydrogen) atoms. The zero-order valence-electron chi connectivity index (χ0n) is 9.03. The van der Waals surface area contributed by atoms with Gasteiger partial charge in [-0.15, -0.1) is 11.8 Å². The van der Waals surface area contributed by atoms with Crippen molar-refractivity contribution in [3.05, 3.63) is 23.8 Å². The average molecular weight is 221 g/mol. The minimum atomic E-state index is 0.588. The van der Waals surface area contributed by atoms with Crippen LogP contribution in [0.1, 0.15) is 5.56 Å². The summed E-state index contributed by atoms with van der Waals surface area (Å²) in [5.74, 6) is 0. The van der Waals surface area contributed by atoms with Gasteiger partial charge >= 0.3 is 0 Å². The number of hydrogen-bond acceptors (Lipinski definition) is 4. The highest BCUT2D eigenvalue weighted by Gasteiger charge is 2.10. The average Bonchev–Trinajstić information content (AvgIpc) is 2.28. The summed E-state index contributed by atoms with van der Waals surface area (Å²) in [6.07, 6.45) is 1.98. The number of nitrogens with two attached hydrogens (primary N) is 1. The number of nitriles is 1. The number of hydrogen-bond donors (Lipinski definition) is 1. The van der Waals surface area contributed by atoms with Crippen LogP contribution < -0.4 is 10.6 Å². The lowest BCUT2D eigenvalue weighted by Gasteiger charge is -2.20. The minimum Gasteiger partial charge on any atom is -0.372 e. The van der Waals surface area contributed by atoms with Crippen molar-refractivity contribution in [2.24, 2.45) is 5.73 Å². The van der Waals surface area contributed by atoms with Crippen LogP contribution in [-0.4, -0.2) is 26.4 Å². The van der Waals surface area contributed by atoms with Crippen molar-refractivity contribution in [3.8, 4) is 6.07 Å². The maximum Gasteiger partial charge on any atom is 0.102 e. The highest BCUT2D eigenvalue weighted by atomic mass is 32.2. The van der Waals surface area contributed by atoms with Crippen LogP contribution in [0.4, 0.5) is 5.69 Å². The highest BCUT2D eigenvalue weighted by molar-refractivity contribution is 7.98. The van der Waals surface area contributed by atoms with Crippen LogP contribution in [-0.2, 0) is 0 Å². The molecule has 1 rings (SSSR count). The van der Waals surface area contributed by atoms with Crippen molar-refractivity contribution in [3.63, 3.8) is 0 Å². The molecule has 0 amide bonds. The lowest BCUT2D eigenvalue weighted by Crippen LogP contribution is -2.25. The van der Waals surface area contributed by atoms with E-state index in [1.807, 2.05) is 36.4 Å². The van der Waals surface area contributed by atoms with E-state index in [-0.39, 0.29) is 0 Å². The fourth-order valence-corrected chi connectivity index (χ4v) is 2.00. The van der Waals surface area contributed by atoms with Crippen LogP contribution >= 0.6 is 11.8 Å². The number of nitrogens with zero attached hydrogens (tertiary/aromatic N) is 2. The zero-order chi connectivity index (χ0) is 11.3. The van der Waals surface area contributed by atoms with E-state index in [1.54, 1.807) is 11.8 Å². The van der Waals surface area contributed by atoms with E-state index in [2.05, 4.69) is 6.07 Å². The second kappa shape index (κ2) is 5.64. The van der Waals surface area contributed by atoms with Gasteiger partial charge in [0.25, 0.3) is 0 Å². The smallest absolute Gasteiger partial charge is 0.102 e. The van der Waals surface area contributed by atoms with Gasteiger partial charge in [0, 0.05) is 25.0 Å². The van der Waals surface area contributed by atoms with Crippen LogP contribution in [0.5, 0.6) is 0 Å². The van der Waals surface area contributed by atoms with Crippen LogP contribution in [0.15, 0.2) is 23.1 Å². The van der Waals surface area contributed by atoms with Gasteiger partial charge in [-0.25, -0.2) is 0 Å². The van der Waals surface area contributed by atoms with Crippen molar-refractivity contribution >= 4 is 17.4 Å². The molecule has 1 aromatic carbocycles. The maximum absolute atomic E-state index is 9.13. The Balaban J connectivity index is 3.12. The lowest BCUT2D eigenvalue weighted by molar-refractivity contribution is 0.882. The standard InChI is InChI=1S/C11H15N3S/c1-14(7-6-12)10-4-3-5-11(15-2)9(10)8-13/h3-5H,6-7,12H2,1-2H3. The Hall–Kier alpha value is -1.18. The highest BCUT2D eigenvalue weighted by Crippen LogP contribution is 2.28. The predicted octanol–water partition coefficient (Wildman–Crippen LogP) is 1.68. The summed E-state index contributed by atoms with van der Waals surface area (Å²) in [6, 6.07) is 8.13. The van der Waals surface area contributed by atoms with Crippen LogP contribution in [0, 0.1) is 11.3 Å². The van der Waals surface area contributed by atoms with E-state index in [4.69, 9.17) is 11.0 Å². The van der Waals surface area contributed by atoms with Gasteiger partial charge in [0.15, 0.2) is 0 Å². The lowest BCUT2D eigenvalue weighted by atomic mass is 10.2. The van der Waals surface area contributed by atoms with Crippen LogP contribution in [0.25, 0.3) is 0 Å². The quantitative estimate of drug-likeness (QED) is 0.786. The molecular weight excluding hydrogens is 206 g/mol. The van der Waals surface area contributed by atoms with Gasteiger partial charge in [0.1, 0.15) is 6.07 Å². The summed E-state index contributed by atoms with van der Waals surface area (Å²) in [7, 11) is 1.95. The Morgan fingerprint density at radius 3 is 2.80 bits per heavy atom. The Labute approximate surface area is 94.9 Å². The van der Waals surface area contributed by atoms with E-state index in [0.717, 1.165) is 22.7 Å². The Morgan fingerprint density at radius 2 is 2.27 bits per heavy atom. The molecule has 0 aliphatic carbocycles. The molecule has 0 radical (unpaired) electrons. The summed E-state index contributed by atoms with van der Waals surface area (Å²) in [4.78, 5) is 3.03. The van der Waals surface area contributed by atoms with E-state index in [9.17, 15) is 0 Å². The monoisotopic (exact) mass is 221 g/mol. The molecule has 80 valence electrons. The van der Waals surface area contributed by atoms with E-state index in [0.29, 0.717) is 6.54 Å². The number of benzene rings is 1. The summed E-state index contributed by atoms with van der Waals surface area (Å²) in [5, 5.41) is 9.13. The molecule has 0 saturated carbocycles. The van der Waals surface area contributed by atoms with Crippen molar-refractivity contribution in [2.75, 3.05) is 31.3 Å². The van der Waals surface area contributed by atoms with E-state index < -0.39 is 0 Å². The van der Waals surface area contributed by atoms with E-state index in [1.165, 1.54) is 0 Å². The molecule has 0 heterocycles. The van der Waals surface area contributed by atoms with Gasteiger partial charge in [-0.05, 0) is 18.4 Å². The SMILES string of the molecule is CSc1cccc(N(C)CCN)c1C#N. The second-order valence-corrected chi connectivity index (χ2v) is 4.02. The van der Waals surface area contributed by atoms with Gasteiger partial charge < -0.3 is 10.6 Å². The van der Waals surface area contributed by atoms with Gasteiger partial charge in [0.05, 0.1) is 11.3 Å². The third-order valence-corrected chi connectivity index (χ3v) is 2.99. The third kappa shape index (κ3) is 2.65. The topological polar surface area (TPSA) is 53.0 Å².